The molecular formula is C22H16F9P2+. The number of hydrogen-bond acceptors (Lipinski definition) is 0. The first-order valence-corrected chi connectivity index (χ1v) is 13.0. The first-order valence-electron chi connectivity index (χ1n) is 9.33. The SMILES string of the molecule is FC(F)(F)C(F)(F)C(F)(F)C(F)(F)P[P+](c1ccccc1)(c1ccccc1)c1ccccc1. The van der Waals surface area contributed by atoms with Crippen molar-refractivity contribution in [1.29, 1.82) is 0 Å². The van der Waals surface area contributed by atoms with Crippen LogP contribution in [0.4, 0.5) is 39.5 Å². The zero-order valence-electron chi connectivity index (χ0n) is 16.5. The van der Waals surface area contributed by atoms with Crippen molar-refractivity contribution < 1.29 is 39.5 Å². The van der Waals surface area contributed by atoms with E-state index < -0.39 is 38.9 Å². The van der Waals surface area contributed by atoms with Crippen LogP contribution in [0.3, 0.4) is 0 Å². The van der Waals surface area contributed by atoms with Gasteiger partial charge in [-0.05, 0) is 36.4 Å². The molecule has 3 aromatic rings. The lowest BCUT2D eigenvalue weighted by Crippen LogP contribution is -2.59. The molecule has 1 unspecified atom stereocenters. The Morgan fingerprint density at radius 2 is 0.758 bits per heavy atom. The fourth-order valence-electron chi connectivity index (χ4n) is 3.25. The highest BCUT2D eigenvalue weighted by atomic mass is 32.1. The third-order valence-electron chi connectivity index (χ3n) is 4.88. The predicted molar refractivity (Wildman–Crippen MR) is 114 cm³/mol. The van der Waals surface area contributed by atoms with Crippen molar-refractivity contribution in [2.45, 2.75) is 23.7 Å². The Bertz CT molecular complexity index is 957. The van der Waals surface area contributed by atoms with Crippen LogP contribution >= 0.6 is 15.2 Å². The minimum atomic E-state index is -6.93. The van der Waals surface area contributed by atoms with Gasteiger partial charge in [0.05, 0.1) is 0 Å². The molecule has 11 heteroatoms. The van der Waals surface area contributed by atoms with Gasteiger partial charge < -0.3 is 0 Å². The maximum Gasteiger partial charge on any atom is 0.460 e. The Morgan fingerprint density at radius 3 is 1.03 bits per heavy atom. The molecule has 0 saturated carbocycles. The zero-order valence-corrected chi connectivity index (χ0v) is 18.4. The standard InChI is InChI=1S/C22H16F9P2/c23-19(24,21(27,28)29)20(25,26)22(30,31)32-33(16-10-4-1-5-11-16,17-12-6-2-7-13-17)18-14-8-3-9-15-18/h1-15,32H/q+1. The predicted octanol–water partition coefficient (Wildman–Crippen LogP) is 7.00. The lowest BCUT2D eigenvalue weighted by molar-refractivity contribution is -0.381. The number of halogens is 9. The molecule has 0 N–H and O–H groups in total. The van der Waals surface area contributed by atoms with Gasteiger partial charge in [0, 0.05) is 0 Å². The van der Waals surface area contributed by atoms with Crippen molar-refractivity contribution in [2.75, 3.05) is 0 Å². The average molecular weight is 513 g/mol. The molecule has 0 amide bonds. The quantitative estimate of drug-likeness (QED) is 0.236. The molecule has 0 aliphatic rings. The largest absolute Gasteiger partial charge is 0.460 e. The minimum Gasteiger partial charge on any atom is -0.192 e. The van der Waals surface area contributed by atoms with E-state index in [4.69, 9.17) is 0 Å². The molecule has 0 bridgehead atoms. The summed E-state index contributed by atoms with van der Waals surface area (Å²) in [6.45, 7) is -3.80. The molecule has 0 aromatic heterocycles. The van der Waals surface area contributed by atoms with Gasteiger partial charge in [-0.15, -0.1) is 0 Å². The summed E-state index contributed by atoms with van der Waals surface area (Å²) in [5.41, 5.74) is -5.69. The van der Waals surface area contributed by atoms with E-state index in [0.717, 1.165) is 0 Å². The minimum absolute atomic E-state index is 0.145. The van der Waals surface area contributed by atoms with Crippen LogP contribution in [-0.2, 0) is 0 Å². The normalized spacial score (nSPS) is 14.1. The van der Waals surface area contributed by atoms with Gasteiger partial charge in [-0.25, -0.2) is 0 Å². The van der Waals surface area contributed by atoms with Gasteiger partial charge in [0.2, 0.25) is 0 Å². The summed E-state index contributed by atoms with van der Waals surface area (Å²) in [6, 6.07) is 21.7. The van der Waals surface area contributed by atoms with Crippen LogP contribution in [0.1, 0.15) is 0 Å². The Balaban J connectivity index is 2.31. The molecule has 3 rings (SSSR count). The summed E-state index contributed by atoms with van der Waals surface area (Å²) < 4.78 is 124. The number of alkyl halides is 9. The molecular weight excluding hydrogens is 497 g/mol. The van der Waals surface area contributed by atoms with Crippen LogP contribution in [0.15, 0.2) is 91.0 Å². The van der Waals surface area contributed by atoms with Crippen molar-refractivity contribution in [2.24, 2.45) is 0 Å². The van der Waals surface area contributed by atoms with E-state index >= 15 is 8.78 Å². The summed E-state index contributed by atoms with van der Waals surface area (Å²) in [4.78, 5) is 0. The molecule has 0 aliphatic heterocycles. The monoisotopic (exact) mass is 513 g/mol. The van der Waals surface area contributed by atoms with E-state index in [2.05, 4.69) is 0 Å². The van der Waals surface area contributed by atoms with E-state index in [9.17, 15) is 30.7 Å². The topological polar surface area (TPSA) is 0 Å². The first kappa shape index (κ1) is 25.5. The average Bonchev–Trinajstić information content (AvgIpc) is 2.78. The van der Waals surface area contributed by atoms with Crippen LogP contribution in [0.25, 0.3) is 0 Å². The smallest absolute Gasteiger partial charge is 0.192 e. The van der Waals surface area contributed by atoms with Gasteiger partial charge in [-0.3, -0.25) is 0 Å². The third-order valence-corrected chi connectivity index (χ3v) is 13.2. The van der Waals surface area contributed by atoms with Gasteiger partial charge in [-0.2, -0.15) is 39.5 Å². The molecule has 0 saturated heterocycles. The lowest BCUT2D eigenvalue weighted by atomic mass is 10.1. The number of rotatable bonds is 7. The second-order valence-corrected chi connectivity index (χ2v) is 13.4. The molecule has 0 aliphatic carbocycles. The zero-order chi connectivity index (χ0) is 24.5. The Kier molecular flexibility index (Phi) is 6.89. The third kappa shape index (κ3) is 4.38. The highest BCUT2D eigenvalue weighted by molar-refractivity contribution is 8.42. The Labute approximate surface area is 185 Å². The molecule has 0 heterocycles. The van der Waals surface area contributed by atoms with Crippen LogP contribution < -0.4 is 15.9 Å². The van der Waals surface area contributed by atoms with Crippen molar-refractivity contribution >= 4 is 31.1 Å². The van der Waals surface area contributed by atoms with E-state index in [1.54, 1.807) is 18.2 Å². The molecule has 1 atom stereocenters. The first-order chi connectivity index (χ1) is 15.3. The summed E-state index contributed by atoms with van der Waals surface area (Å²) >= 11 is 0. The van der Waals surface area contributed by atoms with E-state index in [0.29, 0.717) is 0 Å². The second kappa shape index (κ2) is 8.92. The summed E-state index contributed by atoms with van der Waals surface area (Å²) in [6.07, 6.45) is -6.86. The number of hydrogen-bond donors (Lipinski definition) is 0. The maximum atomic E-state index is 15.1. The van der Waals surface area contributed by atoms with Gasteiger partial charge in [0.25, 0.3) is 0 Å². The maximum absolute atomic E-state index is 15.1. The van der Waals surface area contributed by atoms with Crippen molar-refractivity contribution in [3.8, 4) is 0 Å². The van der Waals surface area contributed by atoms with Gasteiger partial charge in [0.15, 0.2) is 0 Å². The van der Waals surface area contributed by atoms with Crippen molar-refractivity contribution in [1.82, 2.24) is 0 Å². The highest BCUT2D eigenvalue weighted by Gasteiger charge is 2.83. The van der Waals surface area contributed by atoms with Crippen LogP contribution in [0, 0.1) is 0 Å². The summed E-state index contributed by atoms with van der Waals surface area (Å²) in [7, 11) is -2.30. The van der Waals surface area contributed by atoms with E-state index in [1.165, 1.54) is 72.8 Å². The molecule has 0 fully saturated rings. The summed E-state index contributed by atoms with van der Waals surface area (Å²) in [5, 5.41) is 0.435. The molecule has 3 aromatic carbocycles. The van der Waals surface area contributed by atoms with Gasteiger partial charge in [-0.1, -0.05) is 54.6 Å². The fourth-order valence-corrected chi connectivity index (χ4v) is 11.3. The van der Waals surface area contributed by atoms with Crippen LogP contribution in [-0.4, -0.2) is 23.7 Å². The van der Waals surface area contributed by atoms with Crippen LogP contribution in [0.5, 0.6) is 0 Å². The molecule has 176 valence electrons. The molecule has 0 spiro atoms. The Morgan fingerprint density at radius 1 is 0.455 bits per heavy atom. The van der Waals surface area contributed by atoms with Gasteiger partial charge in [0.1, 0.15) is 31.1 Å². The molecule has 0 nitrogen and oxygen atoms in total. The van der Waals surface area contributed by atoms with E-state index in [-0.39, 0.29) is 15.9 Å². The van der Waals surface area contributed by atoms with Crippen LogP contribution in [0.2, 0.25) is 0 Å². The highest BCUT2D eigenvalue weighted by Crippen LogP contribution is 2.79. The van der Waals surface area contributed by atoms with E-state index in [1.807, 2.05) is 0 Å². The second-order valence-electron chi connectivity index (χ2n) is 7.01. The molecule has 0 radical (unpaired) electrons. The lowest BCUT2D eigenvalue weighted by Gasteiger charge is -2.36. The fraction of sp³-hybridized carbons (Fsp3) is 0.182. The Hall–Kier alpha value is -2.11. The summed E-state index contributed by atoms with van der Waals surface area (Å²) in [5.74, 6) is -13.6. The van der Waals surface area contributed by atoms with Gasteiger partial charge >= 0.3 is 23.7 Å². The van der Waals surface area contributed by atoms with Crippen molar-refractivity contribution in [3.63, 3.8) is 0 Å². The van der Waals surface area contributed by atoms with Crippen molar-refractivity contribution in [3.05, 3.63) is 91.0 Å². The number of benzene rings is 3. The molecule has 33 heavy (non-hydrogen) atoms.